The normalized spacial score (nSPS) is 19.3. The molecule has 0 saturated carbocycles. The van der Waals surface area contributed by atoms with E-state index in [9.17, 15) is 0 Å². The molecule has 0 bridgehead atoms. The molecule has 1 aliphatic rings. The van der Waals surface area contributed by atoms with Gasteiger partial charge in [-0.1, -0.05) is 13.3 Å². The molecule has 106 valence electrons. The molecular formula is C14H24N4O. The van der Waals surface area contributed by atoms with Gasteiger partial charge in [-0.25, -0.2) is 9.97 Å². The van der Waals surface area contributed by atoms with Gasteiger partial charge in [-0.2, -0.15) is 0 Å². The minimum atomic E-state index is 0.576. The highest BCUT2D eigenvalue weighted by Gasteiger charge is 2.26. The summed E-state index contributed by atoms with van der Waals surface area (Å²) in [5.41, 5.74) is 0. The zero-order valence-corrected chi connectivity index (χ0v) is 12.1. The molecule has 2 rings (SSSR count). The Bertz CT molecular complexity index is 408. The van der Waals surface area contributed by atoms with E-state index >= 15 is 0 Å². The Balaban J connectivity index is 2.32. The van der Waals surface area contributed by atoms with Crippen molar-refractivity contribution in [3.63, 3.8) is 0 Å². The van der Waals surface area contributed by atoms with Gasteiger partial charge >= 0.3 is 0 Å². The molecule has 1 aromatic heterocycles. The lowest BCUT2D eigenvalue weighted by Crippen LogP contribution is -2.40. The second-order valence-electron chi connectivity index (χ2n) is 4.96. The van der Waals surface area contributed by atoms with Gasteiger partial charge in [0.2, 0.25) is 5.75 Å². The monoisotopic (exact) mass is 264 g/mol. The zero-order valence-electron chi connectivity index (χ0n) is 12.1. The molecule has 2 heterocycles. The molecular weight excluding hydrogens is 240 g/mol. The molecule has 0 aromatic carbocycles. The molecule has 5 nitrogen and oxygen atoms in total. The first-order valence-electron chi connectivity index (χ1n) is 7.15. The predicted octanol–water partition coefficient (Wildman–Crippen LogP) is 2.69. The van der Waals surface area contributed by atoms with E-state index in [4.69, 9.17) is 4.74 Å². The topological polar surface area (TPSA) is 50.3 Å². The Morgan fingerprint density at radius 2 is 2.26 bits per heavy atom. The molecule has 1 saturated heterocycles. The van der Waals surface area contributed by atoms with Crippen LogP contribution in [0.2, 0.25) is 0 Å². The van der Waals surface area contributed by atoms with Crippen LogP contribution in [0.15, 0.2) is 6.33 Å². The van der Waals surface area contributed by atoms with Crippen molar-refractivity contribution < 1.29 is 4.74 Å². The number of hydrogen-bond acceptors (Lipinski definition) is 5. The Labute approximate surface area is 115 Å². The van der Waals surface area contributed by atoms with Crippen LogP contribution in [0.25, 0.3) is 0 Å². The van der Waals surface area contributed by atoms with E-state index in [2.05, 4.69) is 27.1 Å². The third-order valence-corrected chi connectivity index (χ3v) is 3.75. The second kappa shape index (κ2) is 6.59. The molecule has 1 fully saturated rings. The van der Waals surface area contributed by atoms with Crippen LogP contribution in [0.1, 0.15) is 39.0 Å². The Morgan fingerprint density at radius 3 is 2.95 bits per heavy atom. The van der Waals surface area contributed by atoms with Gasteiger partial charge in [0.05, 0.1) is 7.11 Å². The van der Waals surface area contributed by atoms with Crippen LogP contribution >= 0.6 is 0 Å². The summed E-state index contributed by atoms with van der Waals surface area (Å²) in [5.74, 6) is 2.45. The first kappa shape index (κ1) is 13.9. The van der Waals surface area contributed by atoms with Gasteiger partial charge in [-0.05, 0) is 25.7 Å². The first-order valence-corrected chi connectivity index (χ1v) is 7.15. The van der Waals surface area contributed by atoms with Crippen molar-refractivity contribution in [2.45, 2.75) is 45.1 Å². The lowest BCUT2D eigenvalue weighted by molar-refractivity contribution is 0.395. The van der Waals surface area contributed by atoms with Gasteiger partial charge in [-0.3, -0.25) is 0 Å². The minimum Gasteiger partial charge on any atom is -0.490 e. The van der Waals surface area contributed by atoms with Gasteiger partial charge < -0.3 is 15.0 Å². The fourth-order valence-corrected chi connectivity index (χ4v) is 2.85. The van der Waals surface area contributed by atoms with E-state index in [-0.39, 0.29) is 0 Å². The fourth-order valence-electron chi connectivity index (χ4n) is 2.85. The van der Waals surface area contributed by atoms with Gasteiger partial charge in [0, 0.05) is 19.6 Å². The number of nitrogens with zero attached hydrogens (tertiary/aromatic N) is 3. The highest BCUT2D eigenvalue weighted by atomic mass is 16.5. The first-order chi connectivity index (χ1) is 9.31. The molecule has 19 heavy (non-hydrogen) atoms. The molecule has 5 heteroatoms. The van der Waals surface area contributed by atoms with Crippen molar-refractivity contribution >= 4 is 11.6 Å². The lowest BCUT2D eigenvalue weighted by atomic mass is 9.98. The third kappa shape index (κ3) is 2.91. The van der Waals surface area contributed by atoms with Crippen molar-refractivity contribution in [3.8, 4) is 5.75 Å². The lowest BCUT2D eigenvalue weighted by Gasteiger charge is -2.37. The molecule has 0 amide bonds. The highest BCUT2D eigenvalue weighted by Crippen LogP contribution is 2.35. The molecule has 0 radical (unpaired) electrons. The van der Waals surface area contributed by atoms with Crippen molar-refractivity contribution in [1.29, 1.82) is 0 Å². The van der Waals surface area contributed by atoms with E-state index in [1.54, 1.807) is 13.4 Å². The molecule has 1 aromatic rings. The summed E-state index contributed by atoms with van der Waals surface area (Å²) in [5, 5.41) is 3.07. The second-order valence-corrected chi connectivity index (χ2v) is 4.96. The Hall–Kier alpha value is -1.52. The van der Waals surface area contributed by atoms with Crippen LogP contribution in [0.4, 0.5) is 11.6 Å². The van der Waals surface area contributed by atoms with E-state index in [0.717, 1.165) is 23.9 Å². The summed E-state index contributed by atoms with van der Waals surface area (Å²) < 4.78 is 5.52. The number of aromatic nitrogens is 2. The Morgan fingerprint density at radius 1 is 1.42 bits per heavy atom. The van der Waals surface area contributed by atoms with Crippen LogP contribution < -0.4 is 15.0 Å². The molecule has 1 aliphatic heterocycles. The van der Waals surface area contributed by atoms with Gasteiger partial charge in [0.1, 0.15) is 6.33 Å². The van der Waals surface area contributed by atoms with E-state index in [1.165, 1.54) is 32.1 Å². The van der Waals surface area contributed by atoms with Crippen molar-refractivity contribution in [1.82, 2.24) is 9.97 Å². The maximum Gasteiger partial charge on any atom is 0.204 e. The van der Waals surface area contributed by atoms with Crippen LogP contribution in [-0.4, -0.2) is 36.7 Å². The maximum absolute atomic E-state index is 5.52. The number of ether oxygens (including phenoxy) is 1. The Kier molecular flexibility index (Phi) is 4.82. The van der Waals surface area contributed by atoms with E-state index < -0.39 is 0 Å². The smallest absolute Gasteiger partial charge is 0.204 e. The SMILES string of the molecule is CCCC1CCCCN1c1ncnc(NC)c1OC. The fraction of sp³-hybridized carbons (Fsp3) is 0.714. The van der Waals surface area contributed by atoms with Crippen LogP contribution in [-0.2, 0) is 0 Å². The average Bonchev–Trinajstić information content (AvgIpc) is 2.47. The molecule has 0 aliphatic carbocycles. The van der Waals surface area contributed by atoms with Crippen LogP contribution in [0, 0.1) is 0 Å². The summed E-state index contributed by atoms with van der Waals surface area (Å²) in [7, 11) is 3.54. The number of hydrogen-bond donors (Lipinski definition) is 1. The quantitative estimate of drug-likeness (QED) is 0.886. The summed E-state index contributed by atoms with van der Waals surface area (Å²) in [4.78, 5) is 11.1. The molecule has 1 N–H and O–H groups in total. The zero-order chi connectivity index (χ0) is 13.7. The number of anilines is 2. The number of rotatable bonds is 5. The summed E-state index contributed by atoms with van der Waals surface area (Å²) >= 11 is 0. The van der Waals surface area contributed by atoms with E-state index in [1.807, 2.05) is 7.05 Å². The predicted molar refractivity (Wildman–Crippen MR) is 78.0 cm³/mol. The third-order valence-electron chi connectivity index (χ3n) is 3.75. The summed E-state index contributed by atoms with van der Waals surface area (Å²) in [6.07, 6.45) is 7.81. The standard InChI is InChI=1S/C14H24N4O/c1-4-7-11-8-5-6-9-18(11)14-12(19-3)13(15-2)16-10-17-14/h10-11H,4-9H2,1-3H3,(H,15,16,17). The van der Waals surface area contributed by atoms with Gasteiger partial charge in [0.15, 0.2) is 11.6 Å². The molecule has 0 spiro atoms. The largest absolute Gasteiger partial charge is 0.490 e. The summed E-state index contributed by atoms with van der Waals surface area (Å²) in [6.45, 7) is 3.30. The van der Waals surface area contributed by atoms with Gasteiger partial charge in [0.25, 0.3) is 0 Å². The van der Waals surface area contributed by atoms with E-state index in [0.29, 0.717) is 6.04 Å². The van der Waals surface area contributed by atoms with Crippen LogP contribution in [0.5, 0.6) is 5.75 Å². The van der Waals surface area contributed by atoms with Crippen LogP contribution in [0.3, 0.4) is 0 Å². The highest BCUT2D eigenvalue weighted by molar-refractivity contribution is 5.65. The maximum atomic E-state index is 5.52. The van der Waals surface area contributed by atoms with Crippen molar-refractivity contribution in [2.24, 2.45) is 0 Å². The number of piperidine rings is 1. The average molecular weight is 264 g/mol. The van der Waals surface area contributed by atoms with Gasteiger partial charge in [-0.15, -0.1) is 0 Å². The summed E-state index contributed by atoms with van der Waals surface area (Å²) in [6, 6.07) is 0.576. The van der Waals surface area contributed by atoms with Crippen molar-refractivity contribution in [2.75, 3.05) is 30.9 Å². The minimum absolute atomic E-state index is 0.576. The number of methoxy groups -OCH3 is 1. The van der Waals surface area contributed by atoms with Crippen molar-refractivity contribution in [3.05, 3.63) is 6.33 Å². The number of nitrogens with one attached hydrogen (secondary N) is 1. The molecule has 1 unspecified atom stereocenters. The molecule has 1 atom stereocenters.